The van der Waals surface area contributed by atoms with E-state index in [1.807, 2.05) is 26.0 Å². The van der Waals surface area contributed by atoms with Gasteiger partial charge in [-0.2, -0.15) is 4.31 Å². The molecule has 4 nitrogen and oxygen atoms in total. The summed E-state index contributed by atoms with van der Waals surface area (Å²) in [5, 5.41) is 3.48. The summed E-state index contributed by atoms with van der Waals surface area (Å²) in [4.78, 5) is 0.452. The molecule has 0 bridgehead atoms. The van der Waals surface area contributed by atoms with E-state index in [0.717, 1.165) is 36.9 Å². The van der Waals surface area contributed by atoms with Crippen LogP contribution in [0.15, 0.2) is 23.1 Å². The molecule has 1 N–H and O–H groups in total. The lowest BCUT2D eigenvalue weighted by Crippen LogP contribution is -2.45. The zero-order chi connectivity index (χ0) is 15.5. The van der Waals surface area contributed by atoms with E-state index in [1.165, 1.54) is 0 Å². The van der Waals surface area contributed by atoms with Gasteiger partial charge in [0.05, 0.1) is 4.90 Å². The second-order valence-electron chi connectivity index (χ2n) is 5.90. The van der Waals surface area contributed by atoms with Crippen molar-refractivity contribution >= 4 is 10.0 Å². The number of benzene rings is 1. The number of piperidine rings is 1. The number of sulfonamides is 1. The van der Waals surface area contributed by atoms with Crippen LogP contribution >= 0.6 is 0 Å². The largest absolute Gasteiger partial charge is 0.314 e. The predicted molar refractivity (Wildman–Crippen MR) is 86.0 cm³/mol. The number of nitrogens with zero attached hydrogens (tertiary/aromatic N) is 1. The third-order valence-corrected chi connectivity index (χ3v) is 6.14. The number of nitrogens with one attached hydrogen (secondary N) is 1. The molecule has 1 aromatic rings. The highest BCUT2D eigenvalue weighted by atomic mass is 32.2. The topological polar surface area (TPSA) is 49.4 Å². The smallest absolute Gasteiger partial charge is 0.243 e. The molecule has 1 fully saturated rings. The van der Waals surface area contributed by atoms with E-state index in [9.17, 15) is 8.42 Å². The second-order valence-corrected chi connectivity index (χ2v) is 7.81. The summed E-state index contributed by atoms with van der Waals surface area (Å²) >= 11 is 0. The highest BCUT2D eigenvalue weighted by molar-refractivity contribution is 7.89. The number of hydrogen-bond acceptors (Lipinski definition) is 3. The maximum absolute atomic E-state index is 12.7. The highest BCUT2D eigenvalue weighted by Crippen LogP contribution is 2.24. The molecule has 0 amide bonds. The molecule has 1 aliphatic rings. The van der Waals surface area contributed by atoms with Crippen LogP contribution in [0.25, 0.3) is 0 Å². The lowest BCUT2D eigenvalue weighted by Gasteiger charge is -2.32. The number of rotatable bonds is 5. The van der Waals surface area contributed by atoms with Crippen LogP contribution in [0, 0.1) is 13.8 Å². The Morgan fingerprint density at radius 3 is 2.48 bits per heavy atom. The average Bonchev–Trinajstić information content (AvgIpc) is 2.45. The Balaban J connectivity index is 2.08. The summed E-state index contributed by atoms with van der Waals surface area (Å²) in [7, 11) is -3.35. The summed E-state index contributed by atoms with van der Waals surface area (Å²) in [6, 6.07) is 6.00. The van der Waals surface area contributed by atoms with Crippen LogP contribution in [0.4, 0.5) is 0 Å². The minimum Gasteiger partial charge on any atom is -0.314 e. The first-order valence-corrected chi connectivity index (χ1v) is 9.20. The number of aryl methyl sites for hydroxylation is 2. The molecule has 1 aliphatic heterocycles. The van der Waals surface area contributed by atoms with Gasteiger partial charge in [0.2, 0.25) is 10.0 Å². The van der Waals surface area contributed by atoms with Gasteiger partial charge in [0.25, 0.3) is 0 Å². The van der Waals surface area contributed by atoms with Crippen LogP contribution in [0.2, 0.25) is 0 Å². The van der Waals surface area contributed by atoms with Crippen molar-refractivity contribution in [3.63, 3.8) is 0 Å². The van der Waals surface area contributed by atoms with Gasteiger partial charge in [-0.15, -0.1) is 0 Å². The van der Waals surface area contributed by atoms with Crippen LogP contribution in [-0.2, 0) is 10.0 Å². The molecule has 0 radical (unpaired) electrons. The van der Waals surface area contributed by atoms with Gasteiger partial charge in [-0.1, -0.05) is 24.6 Å². The van der Waals surface area contributed by atoms with Gasteiger partial charge < -0.3 is 5.32 Å². The van der Waals surface area contributed by atoms with Crippen LogP contribution in [0.5, 0.6) is 0 Å². The van der Waals surface area contributed by atoms with E-state index in [0.29, 0.717) is 24.0 Å². The standard InChI is InChI=1S/C16H26N2O2S/c1-4-9-17-15-7-10-18(11-8-15)21(19,20)16-6-5-13(2)12-14(16)3/h5-6,12,15,17H,4,7-11H2,1-3H3. The molecule has 21 heavy (non-hydrogen) atoms. The zero-order valence-electron chi connectivity index (χ0n) is 13.2. The summed E-state index contributed by atoms with van der Waals surface area (Å²) in [5.74, 6) is 0. The predicted octanol–water partition coefficient (Wildman–Crippen LogP) is 2.46. The van der Waals surface area contributed by atoms with Crippen molar-refractivity contribution < 1.29 is 8.42 Å². The van der Waals surface area contributed by atoms with Crippen molar-refractivity contribution in [1.82, 2.24) is 9.62 Å². The van der Waals surface area contributed by atoms with Crippen molar-refractivity contribution in [2.75, 3.05) is 19.6 Å². The van der Waals surface area contributed by atoms with Crippen LogP contribution in [0.3, 0.4) is 0 Å². The number of hydrogen-bond donors (Lipinski definition) is 1. The maximum Gasteiger partial charge on any atom is 0.243 e. The van der Waals surface area contributed by atoms with E-state index in [4.69, 9.17) is 0 Å². The van der Waals surface area contributed by atoms with E-state index in [1.54, 1.807) is 10.4 Å². The first-order chi connectivity index (χ1) is 9.95. The molecule has 0 saturated carbocycles. The van der Waals surface area contributed by atoms with Crippen molar-refractivity contribution in [3.8, 4) is 0 Å². The maximum atomic E-state index is 12.7. The molecule has 1 heterocycles. The van der Waals surface area contributed by atoms with Gasteiger partial charge >= 0.3 is 0 Å². The highest BCUT2D eigenvalue weighted by Gasteiger charge is 2.30. The fraction of sp³-hybridized carbons (Fsp3) is 0.625. The summed E-state index contributed by atoms with van der Waals surface area (Å²) < 4.78 is 27.1. The molecule has 118 valence electrons. The van der Waals surface area contributed by atoms with Gasteiger partial charge in [0.1, 0.15) is 0 Å². The molecule has 0 aliphatic carbocycles. The molecular weight excluding hydrogens is 284 g/mol. The van der Waals surface area contributed by atoms with E-state index in [-0.39, 0.29) is 0 Å². The first-order valence-electron chi connectivity index (χ1n) is 7.76. The SMILES string of the molecule is CCCNC1CCN(S(=O)(=O)c2ccc(C)cc2C)CC1. The fourth-order valence-corrected chi connectivity index (χ4v) is 4.55. The van der Waals surface area contributed by atoms with Crippen molar-refractivity contribution in [3.05, 3.63) is 29.3 Å². The first kappa shape index (κ1) is 16.5. The lowest BCUT2D eigenvalue weighted by molar-refractivity contribution is 0.290. The zero-order valence-corrected chi connectivity index (χ0v) is 14.0. The Kier molecular flexibility index (Phi) is 5.41. The third kappa shape index (κ3) is 3.84. The van der Waals surface area contributed by atoms with Gasteiger partial charge in [-0.3, -0.25) is 0 Å². The average molecular weight is 310 g/mol. The molecule has 1 saturated heterocycles. The molecule has 0 unspecified atom stereocenters. The molecule has 5 heteroatoms. The third-order valence-electron chi connectivity index (χ3n) is 4.09. The fourth-order valence-electron chi connectivity index (χ4n) is 2.88. The molecule has 0 aromatic heterocycles. The lowest BCUT2D eigenvalue weighted by atomic mass is 10.1. The summed E-state index contributed by atoms with van der Waals surface area (Å²) in [6.45, 7) is 8.22. The molecule has 2 rings (SSSR count). The van der Waals surface area contributed by atoms with Crippen molar-refractivity contribution in [1.29, 1.82) is 0 Å². The molecule has 1 aromatic carbocycles. The molecule has 0 spiro atoms. The van der Waals surface area contributed by atoms with Crippen LogP contribution in [0.1, 0.15) is 37.3 Å². The Hall–Kier alpha value is -0.910. The monoisotopic (exact) mass is 310 g/mol. The Bertz CT molecular complexity index is 576. The van der Waals surface area contributed by atoms with Gasteiger partial charge in [-0.25, -0.2) is 8.42 Å². The minimum atomic E-state index is -3.35. The summed E-state index contributed by atoms with van der Waals surface area (Å²) in [5.41, 5.74) is 1.93. The Morgan fingerprint density at radius 2 is 1.90 bits per heavy atom. The summed E-state index contributed by atoms with van der Waals surface area (Å²) in [6.07, 6.45) is 2.90. The quantitative estimate of drug-likeness (QED) is 0.909. The van der Waals surface area contributed by atoms with Gasteiger partial charge in [0, 0.05) is 19.1 Å². The van der Waals surface area contributed by atoms with Crippen LogP contribution < -0.4 is 5.32 Å². The van der Waals surface area contributed by atoms with E-state index < -0.39 is 10.0 Å². The normalized spacial score (nSPS) is 18.0. The van der Waals surface area contributed by atoms with E-state index >= 15 is 0 Å². The van der Waals surface area contributed by atoms with Crippen molar-refractivity contribution in [2.24, 2.45) is 0 Å². The van der Waals surface area contributed by atoms with Crippen molar-refractivity contribution in [2.45, 2.75) is 51.0 Å². The Morgan fingerprint density at radius 1 is 1.24 bits per heavy atom. The molecule has 0 atom stereocenters. The van der Waals surface area contributed by atoms with Gasteiger partial charge in [0.15, 0.2) is 0 Å². The Labute approximate surface area is 128 Å². The molecular formula is C16H26N2O2S. The van der Waals surface area contributed by atoms with Crippen LogP contribution in [-0.4, -0.2) is 38.4 Å². The van der Waals surface area contributed by atoms with E-state index in [2.05, 4.69) is 12.2 Å². The second kappa shape index (κ2) is 6.90. The van der Waals surface area contributed by atoms with Gasteiger partial charge in [-0.05, 0) is 51.3 Å². The minimum absolute atomic E-state index is 0.452.